The zero-order valence-corrected chi connectivity index (χ0v) is 19.9. The SMILES string of the molecule is COc1cc(/C=N/NC(=O)COc2ccc(Br)c(C)c2)ccc1OCc1ccccc1Cl. The van der Waals surface area contributed by atoms with Crippen molar-refractivity contribution in [2.75, 3.05) is 13.7 Å². The van der Waals surface area contributed by atoms with E-state index in [0.717, 1.165) is 21.2 Å². The van der Waals surface area contributed by atoms with Crippen molar-refractivity contribution in [1.82, 2.24) is 5.43 Å². The summed E-state index contributed by atoms with van der Waals surface area (Å²) >= 11 is 9.59. The smallest absolute Gasteiger partial charge is 0.277 e. The number of carbonyl (C=O) groups is 1. The van der Waals surface area contributed by atoms with Crippen LogP contribution in [0.4, 0.5) is 0 Å². The number of aryl methyl sites for hydroxylation is 1. The fourth-order valence-electron chi connectivity index (χ4n) is 2.72. The Morgan fingerprint density at radius 3 is 2.66 bits per heavy atom. The van der Waals surface area contributed by atoms with Gasteiger partial charge in [-0.1, -0.05) is 45.7 Å². The lowest BCUT2D eigenvalue weighted by Crippen LogP contribution is -2.24. The van der Waals surface area contributed by atoms with Crippen molar-refractivity contribution >= 4 is 39.7 Å². The van der Waals surface area contributed by atoms with E-state index in [0.29, 0.717) is 28.9 Å². The molecule has 8 heteroatoms. The molecule has 0 atom stereocenters. The largest absolute Gasteiger partial charge is 0.493 e. The van der Waals surface area contributed by atoms with E-state index < -0.39 is 0 Å². The summed E-state index contributed by atoms with van der Waals surface area (Å²) in [6.45, 7) is 2.12. The van der Waals surface area contributed by atoms with Gasteiger partial charge in [0, 0.05) is 15.1 Å². The van der Waals surface area contributed by atoms with Gasteiger partial charge in [0.2, 0.25) is 0 Å². The molecular formula is C24H22BrClN2O4. The molecule has 0 radical (unpaired) electrons. The highest BCUT2D eigenvalue weighted by Gasteiger charge is 2.08. The first kappa shape index (κ1) is 23.6. The highest BCUT2D eigenvalue weighted by Crippen LogP contribution is 2.29. The van der Waals surface area contributed by atoms with E-state index in [-0.39, 0.29) is 12.5 Å². The fourth-order valence-corrected chi connectivity index (χ4v) is 3.16. The highest BCUT2D eigenvalue weighted by molar-refractivity contribution is 9.10. The Labute approximate surface area is 200 Å². The summed E-state index contributed by atoms with van der Waals surface area (Å²) in [6.07, 6.45) is 1.52. The summed E-state index contributed by atoms with van der Waals surface area (Å²) in [4.78, 5) is 12.0. The number of carbonyl (C=O) groups excluding carboxylic acids is 1. The minimum absolute atomic E-state index is 0.142. The van der Waals surface area contributed by atoms with Gasteiger partial charge in [-0.25, -0.2) is 5.43 Å². The Balaban J connectivity index is 1.53. The number of hydrogen-bond donors (Lipinski definition) is 1. The number of halogens is 2. The van der Waals surface area contributed by atoms with Crippen LogP contribution in [0, 0.1) is 6.92 Å². The predicted octanol–water partition coefficient (Wildman–Crippen LogP) is 5.53. The number of rotatable bonds is 9. The topological polar surface area (TPSA) is 69.2 Å². The number of benzene rings is 3. The second-order valence-corrected chi connectivity index (χ2v) is 8.04. The summed E-state index contributed by atoms with van der Waals surface area (Å²) in [5.41, 5.74) is 5.08. The van der Waals surface area contributed by atoms with Gasteiger partial charge in [-0.3, -0.25) is 4.79 Å². The quantitative estimate of drug-likeness (QED) is 0.299. The van der Waals surface area contributed by atoms with E-state index in [9.17, 15) is 4.79 Å². The third-order valence-corrected chi connectivity index (χ3v) is 5.69. The standard InChI is InChI=1S/C24H22BrClN2O4/c1-16-11-19(8-9-20(16)25)31-15-24(29)28-27-13-17-7-10-22(23(12-17)30-2)32-14-18-5-3-4-6-21(18)26/h3-13H,14-15H2,1-2H3,(H,28,29)/b27-13+. The Kier molecular flexibility index (Phi) is 8.53. The van der Waals surface area contributed by atoms with Crippen LogP contribution in [0.15, 0.2) is 70.2 Å². The lowest BCUT2D eigenvalue weighted by atomic mass is 10.2. The maximum absolute atomic E-state index is 12.0. The summed E-state index contributed by atoms with van der Waals surface area (Å²) in [6, 6.07) is 18.3. The average Bonchev–Trinajstić information content (AvgIpc) is 2.79. The monoisotopic (exact) mass is 516 g/mol. The Morgan fingerprint density at radius 1 is 1.09 bits per heavy atom. The van der Waals surface area contributed by atoms with E-state index in [1.165, 1.54) is 6.21 Å². The van der Waals surface area contributed by atoms with Gasteiger partial charge < -0.3 is 14.2 Å². The minimum atomic E-state index is -0.367. The highest BCUT2D eigenvalue weighted by atomic mass is 79.9. The normalized spacial score (nSPS) is 10.8. The fraction of sp³-hybridized carbons (Fsp3) is 0.167. The molecule has 3 aromatic carbocycles. The molecule has 0 aliphatic carbocycles. The van der Waals surface area contributed by atoms with E-state index in [4.69, 9.17) is 25.8 Å². The lowest BCUT2D eigenvalue weighted by Gasteiger charge is -2.12. The molecule has 166 valence electrons. The first-order valence-electron chi connectivity index (χ1n) is 9.71. The number of methoxy groups -OCH3 is 1. The zero-order valence-electron chi connectivity index (χ0n) is 17.6. The van der Waals surface area contributed by atoms with E-state index >= 15 is 0 Å². The second-order valence-electron chi connectivity index (χ2n) is 6.78. The van der Waals surface area contributed by atoms with Gasteiger partial charge in [0.25, 0.3) is 5.91 Å². The van der Waals surface area contributed by atoms with Gasteiger partial charge in [-0.05, 0) is 60.5 Å². The molecule has 0 saturated carbocycles. The van der Waals surface area contributed by atoms with Crippen LogP contribution in [0.1, 0.15) is 16.7 Å². The van der Waals surface area contributed by atoms with Crippen molar-refractivity contribution < 1.29 is 19.0 Å². The minimum Gasteiger partial charge on any atom is -0.493 e. The molecule has 0 aliphatic rings. The van der Waals surface area contributed by atoms with Crippen LogP contribution in [0.2, 0.25) is 5.02 Å². The third-order valence-electron chi connectivity index (χ3n) is 4.43. The Morgan fingerprint density at radius 2 is 1.91 bits per heavy atom. The summed E-state index contributed by atoms with van der Waals surface area (Å²) in [5.74, 6) is 1.36. The predicted molar refractivity (Wildman–Crippen MR) is 129 cm³/mol. The second kappa shape index (κ2) is 11.5. The van der Waals surface area contributed by atoms with Crippen LogP contribution in [-0.4, -0.2) is 25.8 Å². The number of amides is 1. The molecular weight excluding hydrogens is 496 g/mol. The van der Waals surface area contributed by atoms with Crippen molar-refractivity contribution in [3.8, 4) is 17.2 Å². The van der Waals surface area contributed by atoms with Crippen molar-refractivity contribution in [3.05, 3.63) is 86.8 Å². The van der Waals surface area contributed by atoms with Crippen LogP contribution >= 0.6 is 27.5 Å². The van der Waals surface area contributed by atoms with Gasteiger partial charge >= 0.3 is 0 Å². The summed E-state index contributed by atoms with van der Waals surface area (Å²) in [7, 11) is 1.56. The third kappa shape index (κ3) is 6.73. The molecule has 32 heavy (non-hydrogen) atoms. The van der Waals surface area contributed by atoms with Crippen molar-refractivity contribution in [2.24, 2.45) is 5.10 Å². The van der Waals surface area contributed by atoms with Crippen LogP contribution in [0.3, 0.4) is 0 Å². The molecule has 0 saturated heterocycles. The Bertz CT molecular complexity index is 1120. The van der Waals surface area contributed by atoms with E-state index in [1.54, 1.807) is 31.4 Å². The van der Waals surface area contributed by atoms with Crippen molar-refractivity contribution in [2.45, 2.75) is 13.5 Å². The molecule has 0 heterocycles. The molecule has 3 aromatic rings. The van der Waals surface area contributed by atoms with Gasteiger partial charge in [-0.2, -0.15) is 5.10 Å². The number of hydrogen-bond acceptors (Lipinski definition) is 5. The summed E-state index contributed by atoms with van der Waals surface area (Å²) < 4.78 is 17.7. The van der Waals surface area contributed by atoms with Crippen molar-refractivity contribution in [1.29, 1.82) is 0 Å². The molecule has 0 bridgehead atoms. The van der Waals surface area contributed by atoms with Crippen LogP contribution in [0.5, 0.6) is 17.2 Å². The summed E-state index contributed by atoms with van der Waals surface area (Å²) in [5, 5.41) is 4.61. The zero-order chi connectivity index (χ0) is 22.9. The van der Waals surface area contributed by atoms with Gasteiger partial charge in [0.15, 0.2) is 18.1 Å². The molecule has 0 spiro atoms. The van der Waals surface area contributed by atoms with Crippen molar-refractivity contribution in [3.63, 3.8) is 0 Å². The maximum Gasteiger partial charge on any atom is 0.277 e. The molecule has 0 aliphatic heterocycles. The number of nitrogens with zero attached hydrogens (tertiary/aromatic N) is 1. The van der Waals surface area contributed by atoms with E-state index in [2.05, 4.69) is 26.5 Å². The number of hydrazone groups is 1. The van der Waals surface area contributed by atoms with Gasteiger partial charge in [0.05, 0.1) is 13.3 Å². The van der Waals surface area contributed by atoms with Gasteiger partial charge in [-0.15, -0.1) is 0 Å². The van der Waals surface area contributed by atoms with E-state index in [1.807, 2.05) is 43.3 Å². The molecule has 1 N–H and O–H groups in total. The van der Waals surface area contributed by atoms with Gasteiger partial charge in [0.1, 0.15) is 12.4 Å². The van der Waals surface area contributed by atoms with Crippen LogP contribution in [0.25, 0.3) is 0 Å². The molecule has 0 aromatic heterocycles. The van der Waals surface area contributed by atoms with Crippen LogP contribution < -0.4 is 19.6 Å². The first-order valence-corrected chi connectivity index (χ1v) is 10.9. The lowest BCUT2D eigenvalue weighted by molar-refractivity contribution is -0.123. The average molecular weight is 518 g/mol. The number of ether oxygens (including phenoxy) is 3. The molecule has 0 unspecified atom stereocenters. The molecule has 3 rings (SSSR count). The molecule has 1 amide bonds. The maximum atomic E-state index is 12.0. The Hall–Kier alpha value is -3.03. The number of nitrogens with one attached hydrogen (secondary N) is 1. The molecule has 6 nitrogen and oxygen atoms in total. The first-order chi connectivity index (χ1) is 15.5. The molecule has 0 fully saturated rings. The van der Waals surface area contributed by atoms with Crippen LogP contribution in [-0.2, 0) is 11.4 Å².